The summed E-state index contributed by atoms with van der Waals surface area (Å²) >= 11 is 0. The highest BCUT2D eigenvalue weighted by Gasteiger charge is 2.14. The summed E-state index contributed by atoms with van der Waals surface area (Å²) in [5, 5.41) is 27.6. The maximum Gasteiger partial charge on any atom is 0.311 e. The maximum absolute atomic E-state index is 10.9. The molecule has 2 rings (SSSR count). The smallest absolute Gasteiger partial charge is 0.311 e. The van der Waals surface area contributed by atoms with Crippen LogP contribution >= 0.6 is 0 Å². The van der Waals surface area contributed by atoms with Crippen LogP contribution in [-0.4, -0.2) is 32.9 Å². The van der Waals surface area contributed by atoms with E-state index in [9.17, 15) is 20.2 Å². The second-order valence-electron chi connectivity index (χ2n) is 5.17. The van der Waals surface area contributed by atoms with Gasteiger partial charge >= 0.3 is 11.4 Å². The lowest BCUT2D eigenvalue weighted by Gasteiger charge is -2.07. The van der Waals surface area contributed by atoms with Crippen LogP contribution in [0.15, 0.2) is 36.7 Å². The van der Waals surface area contributed by atoms with E-state index in [1.165, 1.54) is 36.7 Å². The van der Waals surface area contributed by atoms with Crippen molar-refractivity contribution in [3.8, 4) is 0 Å². The molecule has 25 heavy (non-hydrogen) atoms. The van der Waals surface area contributed by atoms with Crippen LogP contribution in [-0.2, 0) is 0 Å². The van der Waals surface area contributed by atoms with Crippen molar-refractivity contribution in [2.45, 2.75) is 19.3 Å². The van der Waals surface area contributed by atoms with Gasteiger partial charge in [0.25, 0.3) is 0 Å². The summed E-state index contributed by atoms with van der Waals surface area (Å²) in [6.07, 6.45) is 5.43. The third-order valence-electron chi connectivity index (χ3n) is 3.40. The van der Waals surface area contributed by atoms with Crippen molar-refractivity contribution in [2.24, 2.45) is 0 Å². The number of nitro groups is 2. The summed E-state index contributed by atoms with van der Waals surface area (Å²) in [7, 11) is 0. The Hall–Kier alpha value is -3.30. The Kier molecular flexibility index (Phi) is 6.57. The molecule has 0 fully saturated rings. The van der Waals surface area contributed by atoms with Gasteiger partial charge in [-0.2, -0.15) is 0 Å². The largest absolute Gasteiger partial charge is 0.364 e. The van der Waals surface area contributed by atoms with Crippen molar-refractivity contribution in [2.75, 3.05) is 23.7 Å². The van der Waals surface area contributed by atoms with Crippen LogP contribution in [0.1, 0.15) is 19.3 Å². The van der Waals surface area contributed by atoms with Gasteiger partial charge in [-0.3, -0.25) is 20.2 Å². The summed E-state index contributed by atoms with van der Waals surface area (Å²) in [6.45, 7) is 1.11. The van der Waals surface area contributed by atoms with Gasteiger partial charge in [-0.1, -0.05) is 0 Å². The Balaban J connectivity index is 1.68. The minimum absolute atomic E-state index is 0.0494. The highest BCUT2D eigenvalue weighted by atomic mass is 16.6. The van der Waals surface area contributed by atoms with Crippen molar-refractivity contribution in [1.82, 2.24) is 9.97 Å². The molecule has 0 spiro atoms. The van der Waals surface area contributed by atoms with Crippen molar-refractivity contribution >= 4 is 23.0 Å². The van der Waals surface area contributed by atoms with Gasteiger partial charge in [-0.15, -0.1) is 0 Å². The van der Waals surface area contributed by atoms with Gasteiger partial charge in [0, 0.05) is 37.6 Å². The fourth-order valence-corrected chi connectivity index (χ4v) is 2.20. The van der Waals surface area contributed by atoms with Crippen molar-refractivity contribution in [3.05, 3.63) is 56.9 Å². The Morgan fingerprint density at radius 3 is 1.64 bits per heavy atom. The number of hydrogen-bond acceptors (Lipinski definition) is 8. The van der Waals surface area contributed by atoms with Gasteiger partial charge < -0.3 is 10.6 Å². The molecular formula is C15H18N6O4. The van der Waals surface area contributed by atoms with Gasteiger partial charge in [-0.25, -0.2) is 9.97 Å². The van der Waals surface area contributed by atoms with E-state index in [0.29, 0.717) is 13.1 Å². The highest BCUT2D eigenvalue weighted by Crippen LogP contribution is 2.21. The number of aromatic nitrogens is 2. The summed E-state index contributed by atoms with van der Waals surface area (Å²) < 4.78 is 0. The Labute approximate surface area is 143 Å². The normalized spacial score (nSPS) is 10.2. The Morgan fingerprint density at radius 1 is 0.800 bits per heavy atom. The van der Waals surface area contributed by atoms with E-state index in [4.69, 9.17) is 0 Å². The molecule has 0 amide bonds. The fourth-order valence-electron chi connectivity index (χ4n) is 2.20. The summed E-state index contributed by atoms with van der Waals surface area (Å²) in [5.74, 6) is 0.518. The average Bonchev–Trinajstić information content (AvgIpc) is 2.61. The molecular weight excluding hydrogens is 328 g/mol. The van der Waals surface area contributed by atoms with Crippen LogP contribution in [0.5, 0.6) is 0 Å². The second kappa shape index (κ2) is 9.11. The fraction of sp³-hybridized carbons (Fsp3) is 0.333. The van der Waals surface area contributed by atoms with E-state index in [1.807, 2.05) is 0 Å². The molecule has 2 aromatic heterocycles. The first-order chi connectivity index (χ1) is 12.1. The first kappa shape index (κ1) is 18.0. The minimum Gasteiger partial charge on any atom is -0.364 e. The number of rotatable bonds is 10. The third-order valence-corrected chi connectivity index (χ3v) is 3.40. The molecule has 10 heteroatoms. The van der Waals surface area contributed by atoms with Gasteiger partial charge in [0.05, 0.1) is 9.85 Å². The predicted octanol–water partition coefficient (Wildman–Crippen LogP) is 2.99. The maximum atomic E-state index is 10.9. The third kappa shape index (κ3) is 5.37. The average molecular weight is 346 g/mol. The van der Waals surface area contributed by atoms with Gasteiger partial charge in [-0.05, 0) is 31.4 Å². The first-order valence-electron chi connectivity index (χ1n) is 7.76. The van der Waals surface area contributed by atoms with Crippen LogP contribution < -0.4 is 10.6 Å². The number of unbranched alkanes of at least 4 members (excludes halogenated alkanes) is 2. The molecule has 0 radical (unpaired) electrons. The van der Waals surface area contributed by atoms with E-state index < -0.39 is 9.85 Å². The van der Waals surface area contributed by atoms with Gasteiger partial charge in [0.1, 0.15) is 0 Å². The van der Waals surface area contributed by atoms with Crippen LogP contribution in [0, 0.1) is 20.2 Å². The molecule has 0 unspecified atom stereocenters. The van der Waals surface area contributed by atoms with Crippen LogP contribution in [0.2, 0.25) is 0 Å². The molecule has 0 saturated heterocycles. The number of hydrogen-bond donors (Lipinski definition) is 2. The number of pyridine rings is 2. The van der Waals surface area contributed by atoms with Crippen LogP contribution in [0.25, 0.3) is 0 Å². The van der Waals surface area contributed by atoms with E-state index in [-0.39, 0.29) is 23.0 Å². The lowest BCUT2D eigenvalue weighted by atomic mass is 10.2. The SMILES string of the molecule is O=[N+]([O-])c1cccnc1NCCCCCNc1ncccc1[N+](=O)[O-]. The molecule has 2 aromatic rings. The summed E-state index contributed by atoms with van der Waals surface area (Å²) in [5.41, 5.74) is -0.0988. The quantitative estimate of drug-likeness (QED) is 0.380. The zero-order valence-electron chi connectivity index (χ0n) is 13.4. The molecule has 2 N–H and O–H groups in total. The Morgan fingerprint density at radius 2 is 1.24 bits per heavy atom. The molecule has 10 nitrogen and oxygen atoms in total. The molecule has 132 valence electrons. The number of nitrogens with one attached hydrogen (secondary N) is 2. The van der Waals surface area contributed by atoms with Crippen LogP contribution in [0.4, 0.5) is 23.0 Å². The first-order valence-corrected chi connectivity index (χ1v) is 7.76. The molecule has 0 saturated carbocycles. The van der Waals surface area contributed by atoms with E-state index >= 15 is 0 Å². The Bertz CT molecular complexity index is 678. The van der Waals surface area contributed by atoms with Gasteiger partial charge in [0.15, 0.2) is 0 Å². The van der Waals surface area contributed by atoms with Crippen molar-refractivity contribution < 1.29 is 9.85 Å². The minimum atomic E-state index is -0.473. The van der Waals surface area contributed by atoms with Crippen molar-refractivity contribution in [3.63, 3.8) is 0 Å². The lowest BCUT2D eigenvalue weighted by molar-refractivity contribution is -0.384. The van der Waals surface area contributed by atoms with Gasteiger partial charge in [0.2, 0.25) is 11.6 Å². The van der Waals surface area contributed by atoms with E-state index in [0.717, 1.165) is 19.3 Å². The molecule has 0 aliphatic heterocycles. The summed E-state index contributed by atoms with van der Waals surface area (Å²) in [4.78, 5) is 28.7. The number of anilines is 2. The van der Waals surface area contributed by atoms with Crippen LogP contribution in [0.3, 0.4) is 0 Å². The predicted molar refractivity (Wildman–Crippen MR) is 92.6 cm³/mol. The molecule has 2 heterocycles. The topological polar surface area (TPSA) is 136 Å². The molecule has 0 atom stereocenters. The second-order valence-corrected chi connectivity index (χ2v) is 5.17. The molecule has 0 aromatic carbocycles. The van der Waals surface area contributed by atoms with E-state index in [2.05, 4.69) is 20.6 Å². The standard InChI is InChI=1S/C15H18N6O4/c22-20(23)12-6-4-10-18-14(12)16-8-2-1-3-9-17-15-13(21(24)25)7-5-11-19-15/h4-7,10-11H,1-3,8-9H2,(H,16,18)(H,17,19). The zero-order chi connectivity index (χ0) is 18.1. The number of nitrogens with zero attached hydrogens (tertiary/aromatic N) is 4. The van der Waals surface area contributed by atoms with E-state index in [1.54, 1.807) is 0 Å². The van der Waals surface area contributed by atoms with Crippen molar-refractivity contribution in [1.29, 1.82) is 0 Å². The molecule has 0 bridgehead atoms. The molecule has 0 aliphatic rings. The highest BCUT2D eigenvalue weighted by molar-refractivity contribution is 5.55. The zero-order valence-corrected chi connectivity index (χ0v) is 13.4. The molecule has 0 aliphatic carbocycles. The monoisotopic (exact) mass is 346 g/mol. The lowest BCUT2D eigenvalue weighted by Crippen LogP contribution is -2.08. The summed E-state index contributed by atoms with van der Waals surface area (Å²) in [6, 6.07) is 5.84.